The van der Waals surface area contributed by atoms with Crippen molar-refractivity contribution >= 4 is 75.6 Å². The van der Waals surface area contributed by atoms with E-state index in [9.17, 15) is 9.59 Å². The van der Waals surface area contributed by atoms with Crippen LogP contribution in [0.2, 0.25) is 5.02 Å². The number of hydrogen-bond acceptors (Lipinski definition) is 5. The number of carbonyl (C=O) groups excluding carboxylic acids is 2. The van der Waals surface area contributed by atoms with Crippen LogP contribution in [0.5, 0.6) is 0 Å². The van der Waals surface area contributed by atoms with Crippen molar-refractivity contribution in [2.45, 2.75) is 12.8 Å². The molecule has 0 fully saturated rings. The van der Waals surface area contributed by atoms with Gasteiger partial charge in [-0.05, 0) is 36.2 Å². The van der Waals surface area contributed by atoms with Gasteiger partial charge < -0.3 is 15.8 Å². The number of aromatic nitrogens is 1. The molecule has 0 aliphatic heterocycles. The van der Waals surface area contributed by atoms with Crippen molar-refractivity contribution in [2.24, 2.45) is 0 Å². The molecule has 1 atom stereocenters. The van der Waals surface area contributed by atoms with E-state index in [1.54, 1.807) is 31.2 Å². The Morgan fingerprint density at radius 1 is 1.43 bits per heavy atom. The van der Waals surface area contributed by atoms with Gasteiger partial charge in [0.1, 0.15) is 17.2 Å². The van der Waals surface area contributed by atoms with Crippen molar-refractivity contribution in [3.8, 4) is 0 Å². The van der Waals surface area contributed by atoms with Gasteiger partial charge in [-0.25, -0.2) is 0 Å². The van der Waals surface area contributed by atoms with Crippen LogP contribution in [-0.2, 0) is 9.59 Å². The molecule has 2 rings (SSSR count). The van der Waals surface area contributed by atoms with Crippen molar-refractivity contribution in [1.82, 2.24) is 4.37 Å². The van der Waals surface area contributed by atoms with Crippen LogP contribution in [-0.4, -0.2) is 46.1 Å². The van der Waals surface area contributed by atoms with Gasteiger partial charge in [-0.3, -0.25) is 4.79 Å². The van der Waals surface area contributed by atoms with E-state index in [-0.39, 0.29) is 29.6 Å². The van der Waals surface area contributed by atoms with Crippen molar-refractivity contribution in [3.63, 3.8) is 0 Å². The number of rotatable bonds is 4. The molecule has 5 nitrogen and oxygen atoms in total. The molecule has 0 radical (unpaired) electrons. The predicted octanol–water partition coefficient (Wildman–Crippen LogP) is 1.96. The van der Waals surface area contributed by atoms with Crippen LogP contribution in [0.4, 0.5) is 10.7 Å². The molecule has 1 unspecified atom stereocenters. The molecule has 3 N–H and O–H groups in total. The summed E-state index contributed by atoms with van der Waals surface area (Å²) in [5.41, 5.74) is 7.36. The molecular formula is C13H13ClN3NaO2S. The molecule has 8 heteroatoms. The number of aryl methyl sites for hydroxylation is 1. The first kappa shape index (κ1) is 18.1. The Balaban J connectivity index is 0.00000220. The van der Waals surface area contributed by atoms with E-state index in [1.165, 1.54) is 0 Å². The molecular weight excluding hydrogens is 321 g/mol. The summed E-state index contributed by atoms with van der Waals surface area (Å²) in [5, 5.41) is 3.45. The second-order valence-corrected chi connectivity index (χ2v) is 5.33. The standard InChI is InChI=1S/C13H12ClN3O2S.Na.H/c1-7-11(14)13(20-17-7)16-12(19)10(6-18)8-2-4-9(15)5-3-8;;/h2-6,10H,15H2,1H3,(H,16,19);;. The topological polar surface area (TPSA) is 85.1 Å². The molecule has 0 saturated carbocycles. The number of anilines is 2. The fourth-order valence-corrected chi connectivity index (χ4v) is 2.56. The molecule has 1 aromatic heterocycles. The molecule has 21 heavy (non-hydrogen) atoms. The summed E-state index contributed by atoms with van der Waals surface area (Å²) >= 11 is 7.08. The van der Waals surface area contributed by atoms with Gasteiger partial charge >= 0.3 is 29.6 Å². The predicted molar refractivity (Wildman–Crippen MR) is 87.3 cm³/mol. The molecule has 2 aromatic rings. The summed E-state index contributed by atoms with van der Waals surface area (Å²) in [7, 11) is 0. The summed E-state index contributed by atoms with van der Waals surface area (Å²) < 4.78 is 4.03. The van der Waals surface area contributed by atoms with Crippen LogP contribution >= 0.6 is 23.1 Å². The Morgan fingerprint density at radius 3 is 2.52 bits per heavy atom. The Hall–Kier alpha value is -0.920. The maximum absolute atomic E-state index is 12.1. The number of nitrogens with two attached hydrogens (primary N) is 1. The average molecular weight is 334 g/mol. The van der Waals surface area contributed by atoms with Crippen molar-refractivity contribution < 1.29 is 9.59 Å². The normalized spacial score (nSPS) is 11.3. The Bertz CT molecular complexity index is 645. The SMILES string of the molecule is Cc1nsc(NC(=O)C(C=O)c2ccc(N)cc2)c1Cl.[NaH]. The monoisotopic (exact) mass is 333 g/mol. The zero-order valence-electron chi connectivity index (χ0n) is 10.6. The number of hydrogen-bond donors (Lipinski definition) is 2. The fourth-order valence-electron chi connectivity index (χ4n) is 1.62. The van der Waals surface area contributed by atoms with E-state index in [0.717, 1.165) is 11.5 Å². The van der Waals surface area contributed by atoms with Gasteiger partial charge in [0.25, 0.3) is 0 Å². The second kappa shape index (κ2) is 7.91. The summed E-state index contributed by atoms with van der Waals surface area (Å²) in [6.45, 7) is 1.74. The van der Waals surface area contributed by atoms with E-state index in [4.69, 9.17) is 17.3 Å². The summed E-state index contributed by atoms with van der Waals surface area (Å²) in [6, 6.07) is 6.58. The van der Waals surface area contributed by atoms with Crippen LogP contribution in [0.1, 0.15) is 17.2 Å². The maximum atomic E-state index is 12.1. The third-order valence-corrected chi connectivity index (χ3v) is 4.17. The summed E-state index contributed by atoms with van der Waals surface area (Å²) in [4.78, 5) is 23.3. The van der Waals surface area contributed by atoms with Gasteiger partial charge in [0.05, 0.1) is 10.7 Å². The van der Waals surface area contributed by atoms with E-state index in [2.05, 4.69) is 9.69 Å². The molecule has 0 aliphatic rings. The van der Waals surface area contributed by atoms with Gasteiger partial charge in [0, 0.05) is 5.69 Å². The number of halogens is 1. The van der Waals surface area contributed by atoms with Crippen LogP contribution in [0.15, 0.2) is 24.3 Å². The molecule has 1 aromatic carbocycles. The second-order valence-electron chi connectivity index (χ2n) is 4.18. The molecule has 1 heterocycles. The van der Waals surface area contributed by atoms with Crippen molar-refractivity contribution in [1.29, 1.82) is 0 Å². The van der Waals surface area contributed by atoms with Gasteiger partial charge in [0.15, 0.2) is 0 Å². The first-order valence-electron chi connectivity index (χ1n) is 5.76. The number of benzene rings is 1. The van der Waals surface area contributed by atoms with E-state index >= 15 is 0 Å². The van der Waals surface area contributed by atoms with E-state index in [0.29, 0.717) is 33.3 Å². The minimum absolute atomic E-state index is 0. The number of amides is 1. The van der Waals surface area contributed by atoms with Gasteiger partial charge in [-0.1, -0.05) is 23.7 Å². The number of nitrogens with one attached hydrogen (secondary N) is 1. The fraction of sp³-hybridized carbons (Fsp3) is 0.154. The first-order chi connectivity index (χ1) is 9.52. The van der Waals surface area contributed by atoms with Crippen LogP contribution in [0.3, 0.4) is 0 Å². The van der Waals surface area contributed by atoms with Crippen molar-refractivity contribution in [2.75, 3.05) is 11.1 Å². The molecule has 0 saturated heterocycles. The molecule has 0 spiro atoms. The van der Waals surface area contributed by atoms with Crippen molar-refractivity contribution in [3.05, 3.63) is 40.5 Å². The Morgan fingerprint density at radius 2 is 2.05 bits per heavy atom. The van der Waals surface area contributed by atoms with Gasteiger partial charge in [0.2, 0.25) is 5.91 Å². The van der Waals surface area contributed by atoms with Crippen LogP contribution in [0.25, 0.3) is 0 Å². The number of carbonyl (C=O) groups is 2. The Kier molecular flexibility index (Phi) is 6.83. The number of aldehydes is 1. The molecule has 1 amide bonds. The molecule has 106 valence electrons. The number of nitrogens with zero attached hydrogens (tertiary/aromatic N) is 1. The quantitative estimate of drug-likeness (QED) is 0.387. The summed E-state index contributed by atoms with van der Waals surface area (Å²) in [6.07, 6.45) is 0.586. The minimum atomic E-state index is -0.908. The zero-order valence-corrected chi connectivity index (χ0v) is 12.2. The zero-order chi connectivity index (χ0) is 14.7. The van der Waals surface area contributed by atoms with Crippen LogP contribution in [0, 0.1) is 6.92 Å². The first-order valence-corrected chi connectivity index (χ1v) is 6.91. The Labute approximate surface area is 153 Å². The molecule has 0 aliphatic carbocycles. The van der Waals surface area contributed by atoms with E-state index < -0.39 is 11.8 Å². The third-order valence-electron chi connectivity index (χ3n) is 2.74. The van der Waals surface area contributed by atoms with Crippen LogP contribution < -0.4 is 11.1 Å². The number of nitrogen functional groups attached to an aromatic ring is 1. The van der Waals surface area contributed by atoms with E-state index in [1.807, 2.05) is 0 Å². The summed E-state index contributed by atoms with van der Waals surface area (Å²) in [5.74, 6) is -1.36. The molecule has 0 bridgehead atoms. The third kappa shape index (κ3) is 4.28. The van der Waals surface area contributed by atoms with Gasteiger partial charge in [-0.15, -0.1) is 0 Å². The average Bonchev–Trinajstić information content (AvgIpc) is 2.74. The van der Waals surface area contributed by atoms with Gasteiger partial charge in [-0.2, -0.15) is 4.37 Å².